The van der Waals surface area contributed by atoms with Gasteiger partial charge in [-0.2, -0.15) is 0 Å². The van der Waals surface area contributed by atoms with Crippen molar-refractivity contribution in [3.05, 3.63) is 58.6 Å². The van der Waals surface area contributed by atoms with Crippen LogP contribution in [-0.2, 0) is 6.54 Å². The molecule has 0 aliphatic heterocycles. The summed E-state index contributed by atoms with van der Waals surface area (Å²) < 4.78 is 14.8. The summed E-state index contributed by atoms with van der Waals surface area (Å²) in [5.74, 6) is -1.46. The zero-order valence-electron chi connectivity index (χ0n) is 8.73. The Morgan fingerprint density at radius 2 is 2.12 bits per heavy atom. The van der Waals surface area contributed by atoms with Gasteiger partial charge in [0.15, 0.2) is 0 Å². The molecular formula is C12H9ClFNO2. The molecule has 0 aliphatic carbocycles. The number of aromatic nitrogens is 1. The molecule has 0 bridgehead atoms. The molecular weight excluding hydrogens is 245 g/mol. The van der Waals surface area contributed by atoms with Crippen molar-refractivity contribution in [3.8, 4) is 0 Å². The lowest BCUT2D eigenvalue weighted by Crippen LogP contribution is -2.09. The van der Waals surface area contributed by atoms with Crippen molar-refractivity contribution in [2.45, 2.75) is 6.54 Å². The highest BCUT2D eigenvalue weighted by Crippen LogP contribution is 2.17. The molecule has 88 valence electrons. The zero-order valence-corrected chi connectivity index (χ0v) is 9.49. The van der Waals surface area contributed by atoms with Gasteiger partial charge in [-0.1, -0.05) is 29.8 Å². The van der Waals surface area contributed by atoms with E-state index in [0.29, 0.717) is 10.6 Å². The van der Waals surface area contributed by atoms with Gasteiger partial charge in [-0.15, -0.1) is 0 Å². The molecule has 0 fully saturated rings. The molecule has 0 unspecified atom stereocenters. The fraction of sp³-hybridized carbons (Fsp3) is 0.0833. The summed E-state index contributed by atoms with van der Waals surface area (Å²) in [4.78, 5) is 10.9. The van der Waals surface area contributed by atoms with Gasteiger partial charge >= 0.3 is 5.97 Å². The molecule has 5 heteroatoms. The number of hydrogen-bond donors (Lipinski definition) is 1. The van der Waals surface area contributed by atoms with Gasteiger partial charge in [0.05, 0.1) is 11.6 Å². The third-order valence-electron chi connectivity index (χ3n) is 2.38. The third-order valence-corrected chi connectivity index (χ3v) is 2.59. The van der Waals surface area contributed by atoms with Crippen molar-refractivity contribution >= 4 is 17.6 Å². The Bertz CT molecular complexity index is 565. The number of aromatic carboxylic acids is 1. The van der Waals surface area contributed by atoms with Crippen molar-refractivity contribution in [2.75, 3.05) is 0 Å². The van der Waals surface area contributed by atoms with Crippen LogP contribution in [0.5, 0.6) is 0 Å². The van der Waals surface area contributed by atoms with E-state index in [-0.39, 0.29) is 18.1 Å². The summed E-state index contributed by atoms with van der Waals surface area (Å²) in [7, 11) is 0. The number of hydrogen-bond acceptors (Lipinski definition) is 1. The van der Waals surface area contributed by atoms with Gasteiger partial charge in [0.2, 0.25) is 0 Å². The smallest absolute Gasteiger partial charge is 0.352 e. The summed E-state index contributed by atoms with van der Waals surface area (Å²) >= 11 is 5.74. The van der Waals surface area contributed by atoms with E-state index in [9.17, 15) is 9.18 Å². The van der Waals surface area contributed by atoms with Crippen LogP contribution in [0.3, 0.4) is 0 Å². The van der Waals surface area contributed by atoms with Crippen molar-refractivity contribution < 1.29 is 14.3 Å². The third kappa shape index (κ3) is 2.47. The second-order valence-electron chi connectivity index (χ2n) is 3.57. The molecule has 0 radical (unpaired) electrons. The quantitative estimate of drug-likeness (QED) is 0.914. The first-order valence-corrected chi connectivity index (χ1v) is 5.28. The predicted molar refractivity (Wildman–Crippen MR) is 61.9 cm³/mol. The molecule has 1 N–H and O–H groups in total. The zero-order chi connectivity index (χ0) is 12.4. The van der Waals surface area contributed by atoms with Crippen molar-refractivity contribution in [3.63, 3.8) is 0 Å². The molecule has 0 saturated carbocycles. The van der Waals surface area contributed by atoms with E-state index in [1.807, 2.05) is 0 Å². The molecule has 1 heterocycles. The second kappa shape index (κ2) is 4.59. The summed E-state index contributed by atoms with van der Waals surface area (Å²) in [6.07, 6.45) is 1.47. The fourth-order valence-corrected chi connectivity index (χ4v) is 1.82. The molecule has 0 amide bonds. The first-order chi connectivity index (χ1) is 8.08. The fourth-order valence-electron chi connectivity index (χ4n) is 1.59. The highest BCUT2D eigenvalue weighted by atomic mass is 35.5. The number of rotatable bonds is 3. The molecule has 0 spiro atoms. The van der Waals surface area contributed by atoms with E-state index in [4.69, 9.17) is 16.7 Å². The van der Waals surface area contributed by atoms with Crippen LogP contribution in [0.25, 0.3) is 0 Å². The molecule has 2 aromatic rings. The Labute approximate surface area is 102 Å². The van der Waals surface area contributed by atoms with E-state index in [1.54, 1.807) is 18.2 Å². The molecule has 2 rings (SSSR count). The molecule has 0 aliphatic rings. The van der Waals surface area contributed by atoms with E-state index < -0.39 is 5.97 Å². The summed E-state index contributed by atoms with van der Waals surface area (Å²) in [6.45, 7) is 0.140. The average Bonchev–Trinajstić information content (AvgIpc) is 2.63. The van der Waals surface area contributed by atoms with Crippen LogP contribution >= 0.6 is 11.6 Å². The molecule has 17 heavy (non-hydrogen) atoms. The number of nitrogens with zero attached hydrogens (tertiary/aromatic N) is 1. The van der Waals surface area contributed by atoms with E-state index in [1.165, 1.54) is 22.9 Å². The minimum absolute atomic E-state index is 0.0400. The van der Waals surface area contributed by atoms with Gasteiger partial charge in [0, 0.05) is 11.8 Å². The number of carboxylic acids is 1. The predicted octanol–water partition coefficient (Wildman–Crippen LogP) is 3.03. The van der Waals surface area contributed by atoms with Gasteiger partial charge in [0.25, 0.3) is 0 Å². The normalized spacial score (nSPS) is 10.5. The van der Waals surface area contributed by atoms with Crippen LogP contribution in [-0.4, -0.2) is 15.6 Å². The van der Waals surface area contributed by atoms with E-state index in [0.717, 1.165) is 0 Å². The maximum absolute atomic E-state index is 13.4. The van der Waals surface area contributed by atoms with Crippen molar-refractivity contribution in [1.29, 1.82) is 0 Å². The standard InChI is InChI=1S/C12H9ClFNO2/c13-9-5-11(12(16)17)15(7-9)6-8-3-1-2-4-10(8)14/h1-5,7H,6H2,(H,16,17). The molecule has 1 aromatic heterocycles. The SMILES string of the molecule is O=C(O)c1cc(Cl)cn1Cc1ccccc1F. The van der Waals surface area contributed by atoms with E-state index in [2.05, 4.69) is 0 Å². The Morgan fingerprint density at radius 3 is 2.76 bits per heavy atom. The highest BCUT2D eigenvalue weighted by molar-refractivity contribution is 6.30. The first kappa shape index (κ1) is 11.7. The van der Waals surface area contributed by atoms with Crippen molar-refractivity contribution in [1.82, 2.24) is 4.57 Å². The maximum atomic E-state index is 13.4. The summed E-state index contributed by atoms with van der Waals surface area (Å²) in [5.41, 5.74) is 0.459. The highest BCUT2D eigenvalue weighted by Gasteiger charge is 2.13. The number of benzene rings is 1. The molecule has 0 saturated heterocycles. The summed E-state index contributed by atoms with van der Waals surface area (Å²) in [6, 6.07) is 7.56. The average molecular weight is 254 g/mol. The Kier molecular flexibility index (Phi) is 3.15. The lowest BCUT2D eigenvalue weighted by molar-refractivity contribution is 0.0685. The van der Waals surface area contributed by atoms with Crippen LogP contribution in [0.15, 0.2) is 36.5 Å². The van der Waals surface area contributed by atoms with Gasteiger partial charge < -0.3 is 9.67 Å². The lowest BCUT2D eigenvalue weighted by atomic mass is 10.2. The number of carboxylic acid groups (broad SMARTS) is 1. The molecule has 1 aromatic carbocycles. The van der Waals surface area contributed by atoms with Crippen LogP contribution in [0, 0.1) is 5.82 Å². The minimum atomic E-state index is -1.09. The van der Waals surface area contributed by atoms with Crippen LogP contribution < -0.4 is 0 Å². The monoisotopic (exact) mass is 253 g/mol. The van der Waals surface area contributed by atoms with Gasteiger partial charge in [-0.25, -0.2) is 9.18 Å². The Balaban J connectivity index is 2.36. The van der Waals surface area contributed by atoms with Crippen LogP contribution in [0.1, 0.15) is 16.1 Å². The van der Waals surface area contributed by atoms with Gasteiger partial charge in [-0.05, 0) is 12.1 Å². The number of halogens is 2. The second-order valence-corrected chi connectivity index (χ2v) is 4.00. The van der Waals surface area contributed by atoms with Crippen LogP contribution in [0.2, 0.25) is 5.02 Å². The minimum Gasteiger partial charge on any atom is -0.477 e. The topological polar surface area (TPSA) is 42.2 Å². The molecule has 3 nitrogen and oxygen atoms in total. The van der Waals surface area contributed by atoms with Crippen LogP contribution in [0.4, 0.5) is 4.39 Å². The lowest BCUT2D eigenvalue weighted by Gasteiger charge is -2.06. The largest absolute Gasteiger partial charge is 0.477 e. The summed E-state index contributed by atoms with van der Waals surface area (Å²) in [5, 5.41) is 9.27. The Morgan fingerprint density at radius 1 is 1.41 bits per heavy atom. The molecule has 0 atom stereocenters. The first-order valence-electron chi connectivity index (χ1n) is 4.90. The van der Waals surface area contributed by atoms with E-state index >= 15 is 0 Å². The van der Waals surface area contributed by atoms with Crippen molar-refractivity contribution in [2.24, 2.45) is 0 Å². The maximum Gasteiger partial charge on any atom is 0.352 e. The number of carbonyl (C=O) groups is 1. The van der Waals surface area contributed by atoms with Gasteiger partial charge in [0.1, 0.15) is 11.5 Å². The Hall–Kier alpha value is -1.81. The van der Waals surface area contributed by atoms with Gasteiger partial charge in [-0.3, -0.25) is 0 Å².